The van der Waals surface area contributed by atoms with E-state index in [2.05, 4.69) is 21.3 Å². The van der Waals surface area contributed by atoms with Crippen LogP contribution in [0.15, 0.2) is 18.2 Å². The number of carbonyl (C=O) groups excluding carboxylic acids is 1. The summed E-state index contributed by atoms with van der Waals surface area (Å²) in [6, 6.07) is 9.17. The monoisotopic (exact) mass is 356 g/mol. The molecule has 1 N–H and O–H groups in total. The van der Waals surface area contributed by atoms with E-state index in [1.165, 1.54) is 0 Å². The summed E-state index contributed by atoms with van der Waals surface area (Å²) in [5, 5.41) is 12.8. The quantitative estimate of drug-likeness (QED) is 0.897. The third kappa shape index (κ3) is 3.99. The summed E-state index contributed by atoms with van der Waals surface area (Å²) in [6.07, 6.45) is 4.31. The van der Waals surface area contributed by atoms with Crippen molar-refractivity contribution in [3.63, 3.8) is 0 Å². The lowest BCUT2D eigenvalue weighted by molar-refractivity contribution is 0.143. The van der Waals surface area contributed by atoms with Gasteiger partial charge in [-0.05, 0) is 58.1 Å². The molecule has 140 valence electrons. The van der Waals surface area contributed by atoms with Gasteiger partial charge in [-0.25, -0.2) is 4.79 Å². The molecule has 1 saturated heterocycles. The number of ether oxygens (including phenoxy) is 1. The van der Waals surface area contributed by atoms with E-state index in [1.807, 2.05) is 32.0 Å². The minimum Gasteiger partial charge on any atom is -0.450 e. The van der Waals surface area contributed by atoms with Gasteiger partial charge in [-0.15, -0.1) is 0 Å². The molecule has 1 atom stereocenters. The van der Waals surface area contributed by atoms with Gasteiger partial charge >= 0.3 is 6.09 Å². The Labute approximate surface area is 155 Å². The number of likely N-dealkylation sites (tertiary alicyclic amines) is 1. The van der Waals surface area contributed by atoms with Crippen LogP contribution in [0.3, 0.4) is 0 Å². The zero-order valence-corrected chi connectivity index (χ0v) is 15.7. The van der Waals surface area contributed by atoms with Crippen molar-refractivity contribution < 1.29 is 9.53 Å². The number of nitriles is 1. The van der Waals surface area contributed by atoms with Crippen LogP contribution in [0, 0.1) is 18.3 Å². The van der Waals surface area contributed by atoms with Crippen molar-refractivity contribution in [3.8, 4) is 6.07 Å². The van der Waals surface area contributed by atoms with Crippen molar-refractivity contribution in [1.29, 1.82) is 5.26 Å². The van der Waals surface area contributed by atoms with E-state index < -0.39 is 5.41 Å². The molecule has 26 heavy (non-hydrogen) atoms. The Hall–Kier alpha value is -2.13. The summed E-state index contributed by atoms with van der Waals surface area (Å²) in [5.74, 6) is 0. The first-order valence-corrected chi connectivity index (χ1v) is 9.59. The van der Waals surface area contributed by atoms with Crippen LogP contribution in [0.2, 0.25) is 0 Å². The van der Waals surface area contributed by atoms with Crippen LogP contribution < -0.4 is 5.32 Å². The number of carbonyl (C=O) groups is 1. The molecule has 1 amide bonds. The second kappa shape index (κ2) is 8.05. The number of rotatable bonds is 4. The molecule has 0 unspecified atom stereocenters. The Bertz CT molecular complexity index is 677. The van der Waals surface area contributed by atoms with E-state index in [0.29, 0.717) is 12.6 Å². The summed E-state index contributed by atoms with van der Waals surface area (Å²) in [4.78, 5) is 18.7. The Morgan fingerprint density at radius 1 is 1.42 bits per heavy atom. The van der Waals surface area contributed by atoms with Crippen molar-refractivity contribution in [2.45, 2.75) is 63.5 Å². The van der Waals surface area contributed by atoms with E-state index >= 15 is 0 Å². The van der Waals surface area contributed by atoms with Crippen LogP contribution >= 0.6 is 0 Å². The zero-order chi connectivity index (χ0) is 18.6. The van der Waals surface area contributed by atoms with Crippen LogP contribution in [0.1, 0.15) is 50.4 Å². The third-order valence-corrected chi connectivity index (χ3v) is 5.73. The summed E-state index contributed by atoms with van der Waals surface area (Å²) in [5.41, 5.74) is 1.43. The fraction of sp³-hybridized carbons (Fsp3) is 0.650. The highest BCUT2D eigenvalue weighted by molar-refractivity contribution is 5.67. The number of nitrogens with zero attached hydrogens (tertiary/aromatic N) is 3. The second-order valence-corrected chi connectivity index (χ2v) is 7.43. The summed E-state index contributed by atoms with van der Waals surface area (Å²) >= 11 is 0. The lowest BCUT2D eigenvalue weighted by Crippen LogP contribution is -2.43. The maximum Gasteiger partial charge on any atom is 0.407 e. The lowest BCUT2D eigenvalue weighted by Gasteiger charge is -2.38. The van der Waals surface area contributed by atoms with Crippen LogP contribution in [0.5, 0.6) is 0 Å². The Kier molecular flexibility index (Phi) is 5.77. The number of hydrogen-bond acceptors (Lipinski definition) is 5. The van der Waals surface area contributed by atoms with Gasteiger partial charge in [-0.1, -0.05) is 6.07 Å². The van der Waals surface area contributed by atoms with Crippen molar-refractivity contribution in [1.82, 2.24) is 15.2 Å². The molecular weight excluding hydrogens is 328 g/mol. The van der Waals surface area contributed by atoms with E-state index in [0.717, 1.165) is 56.6 Å². The number of aryl methyl sites for hydroxylation is 1. The topological polar surface area (TPSA) is 78.2 Å². The molecular formula is C20H28N4O2. The molecule has 6 heteroatoms. The van der Waals surface area contributed by atoms with Gasteiger partial charge in [0.25, 0.3) is 0 Å². The molecule has 1 aromatic heterocycles. The minimum absolute atomic E-state index is 0.162. The van der Waals surface area contributed by atoms with Gasteiger partial charge < -0.3 is 10.1 Å². The first-order valence-electron chi connectivity index (χ1n) is 9.59. The summed E-state index contributed by atoms with van der Waals surface area (Å²) in [7, 11) is 0. The number of hydrogen-bond donors (Lipinski definition) is 1. The smallest absolute Gasteiger partial charge is 0.407 e. The molecule has 0 radical (unpaired) electrons. The van der Waals surface area contributed by atoms with Crippen molar-refractivity contribution in [3.05, 3.63) is 29.6 Å². The Morgan fingerprint density at radius 3 is 2.85 bits per heavy atom. The fourth-order valence-corrected chi connectivity index (χ4v) is 4.27. The van der Waals surface area contributed by atoms with Crippen LogP contribution in [0.25, 0.3) is 0 Å². The first-order chi connectivity index (χ1) is 12.6. The normalized spacial score (nSPS) is 29.1. The number of amides is 1. The number of aromatic nitrogens is 1. The SMILES string of the molecule is CCOC(=O)N[C@H]1CCN(C2CCC(C#N)(c3cccc(C)n3)CC2)C1. The minimum atomic E-state index is -0.454. The Balaban J connectivity index is 1.57. The van der Waals surface area contributed by atoms with Crippen LogP contribution in [-0.2, 0) is 10.2 Å². The molecule has 1 aliphatic heterocycles. The number of pyridine rings is 1. The molecule has 0 aromatic carbocycles. The molecule has 0 spiro atoms. The predicted molar refractivity (Wildman–Crippen MR) is 98.7 cm³/mol. The molecule has 2 aliphatic rings. The molecule has 2 heterocycles. The van der Waals surface area contributed by atoms with Crippen LogP contribution in [0.4, 0.5) is 4.79 Å². The van der Waals surface area contributed by atoms with Gasteiger partial charge in [0.15, 0.2) is 0 Å². The van der Waals surface area contributed by atoms with Gasteiger partial charge in [0.05, 0.1) is 23.8 Å². The largest absolute Gasteiger partial charge is 0.450 e. The van der Waals surface area contributed by atoms with Crippen molar-refractivity contribution in [2.24, 2.45) is 0 Å². The van der Waals surface area contributed by atoms with Gasteiger partial charge in [-0.2, -0.15) is 5.26 Å². The van der Waals surface area contributed by atoms with E-state index in [1.54, 1.807) is 0 Å². The van der Waals surface area contributed by atoms with Gasteiger partial charge in [0.2, 0.25) is 0 Å². The van der Waals surface area contributed by atoms with Crippen molar-refractivity contribution >= 4 is 6.09 Å². The molecule has 2 fully saturated rings. The molecule has 1 aromatic rings. The molecule has 0 bridgehead atoms. The third-order valence-electron chi connectivity index (χ3n) is 5.73. The predicted octanol–water partition coefficient (Wildman–Crippen LogP) is 2.91. The molecule has 1 aliphatic carbocycles. The van der Waals surface area contributed by atoms with Gasteiger partial charge in [0, 0.05) is 30.9 Å². The highest BCUT2D eigenvalue weighted by atomic mass is 16.5. The first kappa shape index (κ1) is 18.7. The lowest BCUT2D eigenvalue weighted by atomic mass is 9.71. The van der Waals surface area contributed by atoms with Gasteiger partial charge in [-0.3, -0.25) is 9.88 Å². The van der Waals surface area contributed by atoms with E-state index in [-0.39, 0.29) is 12.1 Å². The highest BCUT2D eigenvalue weighted by Crippen LogP contribution is 2.40. The highest BCUT2D eigenvalue weighted by Gasteiger charge is 2.41. The van der Waals surface area contributed by atoms with Crippen LogP contribution in [-0.4, -0.2) is 47.8 Å². The second-order valence-electron chi connectivity index (χ2n) is 7.43. The molecule has 3 rings (SSSR count). The summed E-state index contributed by atoms with van der Waals surface area (Å²) in [6.45, 7) is 6.04. The maximum atomic E-state index is 11.6. The average Bonchev–Trinajstić information content (AvgIpc) is 3.10. The average molecular weight is 356 g/mol. The number of alkyl carbamates (subject to hydrolysis) is 1. The van der Waals surface area contributed by atoms with Gasteiger partial charge in [0.1, 0.15) is 0 Å². The maximum absolute atomic E-state index is 11.6. The Morgan fingerprint density at radius 2 is 2.19 bits per heavy atom. The molecule has 1 saturated carbocycles. The molecule has 6 nitrogen and oxygen atoms in total. The van der Waals surface area contributed by atoms with Crippen molar-refractivity contribution in [2.75, 3.05) is 19.7 Å². The summed E-state index contributed by atoms with van der Waals surface area (Å²) < 4.78 is 4.97. The van der Waals surface area contributed by atoms with E-state index in [9.17, 15) is 10.1 Å². The zero-order valence-electron chi connectivity index (χ0n) is 15.7. The number of nitrogens with one attached hydrogen (secondary N) is 1. The van der Waals surface area contributed by atoms with E-state index in [4.69, 9.17) is 4.74 Å². The fourth-order valence-electron chi connectivity index (χ4n) is 4.27. The standard InChI is InChI=1S/C20H28N4O2/c1-3-26-19(25)23-16-9-12-24(13-16)17-7-10-20(14-21,11-8-17)18-6-4-5-15(2)22-18/h4-6,16-17H,3,7-13H2,1-2H3,(H,23,25)/t16-,17?,20?/m0/s1.